The SMILES string of the molecule is CCCCCCCCCCCCCCCCCCOCC(COC)COP(OC)OCCN(C)C. The predicted octanol–water partition coefficient (Wildman–Crippen LogP) is 8.00. The molecule has 0 radical (unpaired) electrons. The van der Waals surface area contributed by atoms with Crippen LogP contribution in [-0.4, -0.2) is 72.8 Å². The molecule has 0 aliphatic carbocycles. The summed E-state index contributed by atoms with van der Waals surface area (Å²) < 4.78 is 28.0. The molecule has 212 valence electrons. The second-order valence-electron chi connectivity index (χ2n) is 10.0. The number of likely N-dealkylation sites (N-methyl/N-ethyl adjacent to an activating group) is 1. The van der Waals surface area contributed by atoms with Gasteiger partial charge < -0.3 is 27.9 Å². The Morgan fingerprint density at radius 3 is 1.57 bits per heavy atom. The van der Waals surface area contributed by atoms with E-state index < -0.39 is 8.60 Å². The van der Waals surface area contributed by atoms with E-state index in [1.807, 2.05) is 14.1 Å². The van der Waals surface area contributed by atoms with Gasteiger partial charge in [-0.15, -0.1) is 0 Å². The van der Waals surface area contributed by atoms with Gasteiger partial charge in [-0.05, 0) is 20.5 Å². The highest BCUT2D eigenvalue weighted by molar-refractivity contribution is 7.41. The van der Waals surface area contributed by atoms with Crippen molar-refractivity contribution < 1.29 is 23.0 Å². The molecule has 0 spiro atoms. The van der Waals surface area contributed by atoms with E-state index in [2.05, 4.69) is 11.8 Å². The zero-order chi connectivity index (χ0) is 25.8. The van der Waals surface area contributed by atoms with Crippen molar-refractivity contribution in [3.8, 4) is 0 Å². The topological polar surface area (TPSA) is 49.4 Å². The van der Waals surface area contributed by atoms with Gasteiger partial charge in [0.05, 0.1) is 26.4 Å². The lowest BCUT2D eigenvalue weighted by Crippen LogP contribution is -2.21. The van der Waals surface area contributed by atoms with E-state index in [-0.39, 0.29) is 5.92 Å². The number of ether oxygens (including phenoxy) is 2. The summed E-state index contributed by atoms with van der Waals surface area (Å²) in [7, 11) is 6.07. The molecule has 6 nitrogen and oxygen atoms in total. The van der Waals surface area contributed by atoms with Crippen molar-refractivity contribution >= 4 is 8.60 Å². The maximum atomic E-state index is 5.90. The first kappa shape index (κ1) is 35.2. The molecule has 7 heteroatoms. The van der Waals surface area contributed by atoms with Crippen molar-refractivity contribution in [3.05, 3.63) is 0 Å². The van der Waals surface area contributed by atoms with Gasteiger partial charge in [-0.1, -0.05) is 103 Å². The van der Waals surface area contributed by atoms with E-state index in [1.54, 1.807) is 14.2 Å². The van der Waals surface area contributed by atoms with E-state index >= 15 is 0 Å². The van der Waals surface area contributed by atoms with Crippen LogP contribution in [0.3, 0.4) is 0 Å². The standard InChI is InChI=1S/C28H60NO5P/c1-6-7-8-9-10-11-12-13-14-15-16-17-18-19-20-21-23-32-26-28(25-30-4)27-34-35(31-5)33-24-22-29(2)3/h28H,6-27H2,1-5H3. The Hall–Kier alpha value is 0.190. The van der Waals surface area contributed by atoms with Crippen LogP contribution >= 0.6 is 8.60 Å². The molecule has 35 heavy (non-hydrogen) atoms. The molecule has 0 aromatic rings. The smallest absolute Gasteiger partial charge is 0.332 e. The maximum absolute atomic E-state index is 5.90. The first-order chi connectivity index (χ1) is 17.1. The van der Waals surface area contributed by atoms with Crippen LogP contribution in [-0.2, 0) is 23.0 Å². The molecule has 2 unspecified atom stereocenters. The fraction of sp³-hybridized carbons (Fsp3) is 1.00. The van der Waals surface area contributed by atoms with Gasteiger partial charge in [-0.2, -0.15) is 0 Å². The van der Waals surface area contributed by atoms with Gasteiger partial charge >= 0.3 is 8.60 Å². The Labute approximate surface area is 220 Å². The lowest BCUT2D eigenvalue weighted by atomic mass is 10.0. The summed E-state index contributed by atoms with van der Waals surface area (Å²) in [6.07, 6.45) is 22.2. The normalized spacial score (nSPS) is 13.5. The van der Waals surface area contributed by atoms with Crippen LogP contribution in [0.1, 0.15) is 110 Å². The highest BCUT2D eigenvalue weighted by atomic mass is 31.2. The molecule has 0 fully saturated rings. The van der Waals surface area contributed by atoms with Gasteiger partial charge in [0, 0.05) is 33.3 Å². The zero-order valence-corrected chi connectivity index (χ0v) is 25.0. The third-order valence-electron chi connectivity index (χ3n) is 6.20. The largest absolute Gasteiger partial charge is 0.384 e. The average Bonchev–Trinajstić information content (AvgIpc) is 2.84. The molecule has 0 saturated heterocycles. The quantitative estimate of drug-likeness (QED) is 0.0734. The van der Waals surface area contributed by atoms with Crippen molar-refractivity contribution in [3.63, 3.8) is 0 Å². The highest BCUT2D eigenvalue weighted by Gasteiger charge is 2.16. The summed E-state index contributed by atoms with van der Waals surface area (Å²) in [6.45, 7) is 6.33. The third kappa shape index (κ3) is 27.0. The Morgan fingerprint density at radius 2 is 1.11 bits per heavy atom. The van der Waals surface area contributed by atoms with Crippen molar-refractivity contribution in [1.29, 1.82) is 0 Å². The summed E-state index contributed by atoms with van der Waals surface area (Å²) in [5.41, 5.74) is 0. The Balaban J connectivity index is 3.51. The lowest BCUT2D eigenvalue weighted by molar-refractivity contribution is 0.0298. The van der Waals surface area contributed by atoms with Crippen molar-refractivity contribution in [2.45, 2.75) is 110 Å². The summed E-state index contributed by atoms with van der Waals surface area (Å²) in [6, 6.07) is 0. The fourth-order valence-corrected chi connectivity index (χ4v) is 4.84. The maximum Gasteiger partial charge on any atom is 0.332 e. The number of unbranched alkanes of at least 4 members (excludes halogenated alkanes) is 15. The molecular formula is C28H60NO5P. The molecule has 2 atom stereocenters. The molecular weight excluding hydrogens is 461 g/mol. The van der Waals surface area contributed by atoms with E-state index in [1.165, 1.54) is 96.3 Å². The van der Waals surface area contributed by atoms with E-state index in [9.17, 15) is 0 Å². The van der Waals surface area contributed by atoms with Crippen LogP contribution < -0.4 is 0 Å². The van der Waals surface area contributed by atoms with Gasteiger partial charge in [0.15, 0.2) is 0 Å². The van der Waals surface area contributed by atoms with Crippen LogP contribution in [0.15, 0.2) is 0 Å². The minimum atomic E-state index is -1.31. The molecule has 0 amide bonds. The number of methoxy groups -OCH3 is 1. The Kier molecular flexibility index (Phi) is 28.9. The fourth-order valence-electron chi connectivity index (χ4n) is 3.99. The van der Waals surface area contributed by atoms with Crippen molar-refractivity contribution in [2.75, 3.05) is 67.9 Å². The van der Waals surface area contributed by atoms with Crippen molar-refractivity contribution in [1.82, 2.24) is 4.90 Å². The second-order valence-corrected chi connectivity index (χ2v) is 11.4. The average molecular weight is 522 g/mol. The molecule has 0 aromatic carbocycles. The predicted molar refractivity (Wildman–Crippen MR) is 150 cm³/mol. The lowest BCUT2D eigenvalue weighted by Gasteiger charge is -2.20. The monoisotopic (exact) mass is 521 g/mol. The molecule has 0 aliphatic rings. The van der Waals surface area contributed by atoms with Crippen LogP contribution in [0.2, 0.25) is 0 Å². The molecule has 0 aliphatic heterocycles. The minimum absolute atomic E-state index is 0.193. The van der Waals surface area contributed by atoms with E-state index in [0.717, 1.165) is 19.6 Å². The molecule has 0 saturated carbocycles. The second kappa shape index (κ2) is 28.8. The van der Waals surface area contributed by atoms with Crippen LogP contribution in [0, 0.1) is 5.92 Å². The van der Waals surface area contributed by atoms with Gasteiger partial charge in [0.25, 0.3) is 0 Å². The van der Waals surface area contributed by atoms with Gasteiger partial charge in [0.2, 0.25) is 0 Å². The van der Waals surface area contributed by atoms with Gasteiger partial charge in [-0.25, -0.2) is 0 Å². The summed E-state index contributed by atoms with van der Waals surface area (Å²) in [4.78, 5) is 2.07. The number of hydrogen-bond donors (Lipinski definition) is 0. The highest BCUT2D eigenvalue weighted by Crippen LogP contribution is 2.38. The van der Waals surface area contributed by atoms with E-state index in [4.69, 9.17) is 23.0 Å². The molecule has 0 N–H and O–H groups in total. The Morgan fingerprint density at radius 1 is 0.600 bits per heavy atom. The number of nitrogens with zero attached hydrogens (tertiary/aromatic N) is 1. The van der Waals surface area contributed by atoms with Gasteiger partial charge in [-0.3, -0.25) is 0 Å². The third-order valence-corrected chi connectivity index (χ3v) is 7.25. The minimum Gasteiger partial charge on any atom is -0.384 e. The van der Waals surface area contributed by atoms with Crippen LogP contribution in [0.5, 0.6) is 0 Å². The van der Waals surface area contributed by atoms with Gasteiger partial charge in [0.1, 0.15) is 0 Å². The summed E-state index contributed by atoms with van der Waals surface area (Å²) in [5, 5.41) is 0. The number of rotatable bonds is 29. The Bertz CT molecular complexity index is 404. The zero-order valence-electron chi connectivity index (χ0n) is 24.1. The van der Waals surface area contributed by atoms with E-state index in [0.29, 0.717) is 26.4 Å². The molecule has 0 aromatic heterocycles. The van der Waals surface area contributed by atoms with Crippen molar-refractivity contribution in [2.24, 2.45) is 5.92 Å². The van der Waals surface area contributed by atoms with Crippen LogP contribution in [0.25, 0.3) is 0 Å². The van der Waals surface area contributed by atoms with Crippen LogP contribution in [0.4, 0.5) is 0 Å². The molecule has 0 bridgehead atoms. The molecule has 0 heterocycles. The number of hydrogen-bond acceptors (Lipinski definition) is 6. The first-order valence-electron chi connectivity index (χ1n) is 14.5. The summed E-state index contributed by atoms with van der Waals surface area (Å²) in [5.74, 6) is 0.193. The molecule has 0 rings (SSSR count). The first-order valence-corrected chi connectivity index (χ1v) is 15.5. The summed E-state index contributed by atoms with van der Waals surface area (Å²) >= 11 is 0.